The number of urea groups is 1. The first-order valence-corrected chi connectivity index (χ1v) is 9.10. The molecule has 0 saturated carbocycles. The predicted octanol–water partition coefficient (Wildman–Crippen LogP) is 3.02. The first-order chi connectivity index (χ1) is 12.7. The van der Waals surface area contributed by atoms with Gasteiger partial charge < -0.3 is 16.0 Å². The fourth-order valence-electron chi connectivity index (χ4n) is 2.56. The minimum absolute atomic E-state index is 0.0212. The molecule has 0 aromatic heterocycles. The summed E-state index contributed by atoms with van der Waals surface area (Å²) in [6.45, 7) is 1.06. The van der Waals surface area contributed by atoms with Crippen LogP contribution in [0, 0.1) is 0 Å². The number of amides is 3. The zero-order valence-electron chi connectivity index (χ0n) is 15.0. The zero-order valence-corrected chi connectivity index (χ0v) is 15.0. The topological polar surface area (TPSA) is 70.2 Å². The summed E-state index contributed by atoms with van der Waals surface area (Å²) in [4.78, 5) is 23.4. The minimum Gasteiger partial charge on any atom is -0.350 e. The van der Waals surface area contributed by atoms with Crippen LogP contribution in [0.1, 0.15) is 30.4 Å². The Hall–Kier alpha value is -2.82. The molecule has 0 aliphatic rings. The van der Waals surface area contributed by atoms with E-state index in [9.17, 15) is 9.59 Å². The van der Waals surface area contributed by atoms with Gasteiger partial charge in [0, 0.05) is 13.1 Å². The number of hydrogen-bond donors (Lipinski definition) is 3. The molecule has 0 aliphatic carbocycles. The molecule has 2 aromatic rings. The maximum absolute atomic E-state index is 11.7. The molecule has 3 amide bonds. The van der Waals surface area contributed by atoms with E-state index in [1.165, 1.54) is 5.56 Å². The summed E-state index contributed by atoms with van der Waals surface area (Å²) in [6, 6.07) is 19.8. The molecule has 0 bridgehead atoms. The molecular formula is C21H27N3O2. The van der Waals surface area contributed by atoms with Crippen molar-refractivity contribution in [1.82, 2.24) is 16.0 Å². The number of unbranched alkanes of at least 4 members (excludes halogenated alkanes) is 2. The molecule has 0 heterocycles. The van der Waals surface area contributed by atoms with Gasteiger partial charge in [-0.15, -0.1) is 0 Å². The van der Waals surface area contributed by atoms with Crippen molar-refractivity contribution < 1.29 is 9.59 Å². The molecule has 0 fully saturated rings. The number of hydrogen-bond acceptors (Lipinski definition) is 2. The van der Waals surface area contributed by atoms with E-state index >= 15 is 0 Å². The summed E-state index contributed by atoms with van der Waals surface area (Å²) in [6.07, 6.45) is 4.16. The van der Waals surface area contributed by atoms with Crippen LogP contribution < -0.4 is 16.0 Å². The van der Waals surface area contributed by atoms with Gasteiger partial charge in [-0.1, -0.05) is 67.1 Å². The molecule has 0 saturated heterocycles. The number of aryl methyl sites for hydroxylation is 1. The lowest BCUT2D eigenvalue weighted by Crippen LogP contribution is -2.42. The standard InChI is InChI=1S/C21H27N3O2/c25-20(23-16-19-13-6-2-7-14-19)17-24-21(26)22-15-9-3-8-12-18-10-4-1-5-11-18/h1-2,4-7,10-11,13-14H,3,8-9,12,15-17H2,(H,23,25)(H2,22,24,26). The third kappa shape index (κ3) is 8.33. The third-order valence-electron chi connectivity index (χ3n) is 4.01. The molecule has 0 aliphatic heterocycles. The van der Waals surface area contributed by atoms with E-state index in [-0.39, 0.29) is 18.5 Å². The Kier molecular flexibility index (Phi) is 8.77. The van der Waals surface area contributed by atoms with E-state index < -0.39 is 0 Å². The molecular weight excluding hydrogens is 326 g/mol. The van der Waals surface area contributed by atoms with Crippen LogP contribution in [-0.2, 0) is 17.8 Å². The van der Waals surface area contributed by atoms with Crippen molar-refractivity contribution >= 4 is 11.9 Å². The summed E-state index contributed by atoms with van der Waals surface area (Å²) < 4.78 is 0. The number of carbonyl (C=O) groups excluding carboxylic acids is 2. The van der Waals surface area contributed by atoms with Crippen LogP contribution in [0.5, 0.6) is 0 Å². The molecule has 2 aromatic carbocycles. The zero-order chi connectivity index (χ0) is 18.5. The highest BCUT2D eigenvalue weighted by Crippen LogP contribution is 2.05. The van der Waals surface area contributed by atoms with Crippen molar-refractivity contribution in [3.63, 3.8) is 0 Å². The van der Waals surface area contributed by atoms with Gasteiger partial charge in [0.05, 0.1) is 6.54 Å². The first kappa shape index (κ1) is 19.5. The Bertz CT molecular complexity index is 659. The molecule has 0 unspecified atom stereocenters. The fraction of sp³-hybridized carbons (Fsp3) is 0.333. The second kappa shape index (κ2) is 11.7. The van der Waals surface area contributed by atoms with E-state index in [0.29, 0.717) is 13.1 Å². The Labute approximate surface area is 155 Å². The smallest absolute Gasteiger partial charge is 0.315 e. The molecule has 5 nitrogen and oxygen atoms in total. The van der Waals surface area contributed by atoms with Crippen LogP contribution >= 0.6 is 0 Å². The lowest BCUT2D eigenvalue weighted by atomic mass is 10.1. The number of rotatable bonds is 10. The second-order valence-electron chi connectivity index (χ2n) is 6.17. The van der Waals surface area contributed by atoms with Gasteiger partial charge in [0.15, 0.2) is 0 Å². The van der Waals surface area contributed by atoms with E-state index in [1.807, 2.05) is 36.4 Å². The van der Waals surface area contributed by atoms with Crippen molar-refractivity contribution in [3.8, 4) is 0 Å². The largest absolute Gasteiger partial charge is 0.350 e. The number of benzene rings is 2. The van der Waals surface area contributed by atoms with Crippen molar-refractivity contribution in [2.45, 2.75) is 32.2 Å². The maximum Gasteiger partial charge on any atom is 0.315 e. The third-order valence-corrected chi connectivity index (χ3v) is 4.01. The molecule has 5 heteroatoms. The summed E-state index contributed by atoms with van der Waals surface area (Å²) in [5.41, 5.74) is 2.38. The molecule has 0 atom stereocenters. The highest BCUT2D eigenvalue weighted by Gasteiger charge is 2.04. The van der Waals surface area contributed by atoms with E-state index in [2.05, 4.69) is 40.2 Å². The van der Waals surface area contributed by atoms with Gasteiger partial charge in [0.2, 0.25) is 5.91 Å². The van der Waals surface area contributed by atoms with Gasteiger partial charge in [0.1, 0.15) is 0 Å². The average molecular weight is 353 g/mol. The van der Waals surface area contributed by atoms with Crippen LogP contribution in [0.25, 0.3) is 0 Å². The summed E-state index contributed by atoms with van der Waals surface area (Å²) in [5, 5.41) is 8.13. The van der Waals surface area contributed by atoms with Crippen LogP contribution in [-0.4, -0.2) is 25.0 Å². The molecule has 0 radical (unpaired) electrons. The van der Waals surface area contributed by atoms with Crippen molar-refractivity contribution in [3.05, 3.63) is 71.8 Å². The van der Waals surface area contributed by atoms with Crippen LogP contribution in [0.4, 0.5) is 4.79 Å². The monoisotopic (exact) mass is 353 g/mol. The van der Waals surface area contributed by atoms with E-state index in [0.717, 1.165) is 31.2 Å². The Morgan fingerprint density at radius 2 is 1.35 bits per heavy atom. The van der Waals surface area contributed by atoms with Crippen molar-refractivity contribution in [2.24, 2.45) is 0 Å². The minimum atomic E-state index is -0.303. The summed E-state index contributed by atoms with van der Waals surface area (Å²) in [5.74, 6) is -0.202. The van der Waals surface area contributed by atoms with Crippen LogP contribution in [0.15, 0.2) is 60.7 Å². The molecule has 138 valence electrons. The van der Waals surface area contributed by atoms with Crippen LogP contribution in [0.2, 0.25) is 0 Å². The Morgan fingerprint density at radius 3 is 2.04 bits per heavy atom. The first-order valence-electron chi connectivity index (χ1n) is 9.10. The van der Waals surface area contributed by atoms with Crippen LogP contribution in [0.3, 0.4) is 0 Å². The SMILES string of the molecule is O=C(CNC(=O)NCCCCCc1ccccc1)NCc1ccccc1. The Balaban J connectivity index is 1.46. The van der Waals surface area contributed by atoms with Gasteiger partial charge in [-0.3, -0.25) is 4.79 Å². The average Bonchev–Trinajstić information content (AvgIpc) is 2.69. The highest BCUT2D eigenvalue weighted by atomic mass is 16.2. The highest BCUT2D eigenvalue weighted by molar-refractivity contribution is 5.83. The quantitative estimate of drug-likeness (QED) is 0.575. The second-order valence-corrected chi connectivity index (χ2v) is 6.17. The fourth-order valence-corrected chi connectivity index (χ4v) is 2.56. The van der Waals surface area contributed by atoms with E-state index in [1.54, 1.807) is 0 Å². The molecule has 0 spiro atoms. The lowest BCUT2D eigenvalue weighted by Gasteiger charge is -2.08. The molecule has 2 rings (SSSR count). The Morgan fingerprint density at radius 1 is 0.692 bits per heavy atom. The number of nitrogens with one attached hydrogen (secondary N) is 3. The van der Waals surface area contributed by atoms with Gasteiger partial charge in [-0.25, -0.2) is 4.79 Å². The van der Waals surface area contributed by atoms with E-state index in [4.69, 9.17) is 0 Å². The predicted molar refractivity (Wildman–Crippen MR) is 104 cm³/mol. The van der Waals surface area contributed by atoms with Crippen molar-refractivity contribution in [1.29, 1.82) is 0 Å². The normalized spacial score (nSPS) is 10.2. The van der Waals surface area contributed by atoms with Gasteiger partial charge in [-0.2, -0.15) is 0 Å². The van der Waals surface area contributed by atoms with Gasteiger partial charge in [-0.05, 0) is 30.4 Å². The number of carbonyl (C=O) groups is 2. The van der Waals surface area contributed by atoms with Gasteiger partial charge >= 0.3 is 6.03 Å². The lowest BCUT2D eigenvalue weighted by molar-refractivity contribution is -0.120. The molecule has 26 heavy (non-hydrogen) atoms. The molecule has 3 N–H and O–H groups in total. The van der Waals surface area contributed by atoms with Crippen molar-refractivity contribution in [2.75, 3.05) is 13.1 Å². The summed E-state index contributed by atoms with van der Waals surface area (Å²) in [7, 11) is 0. The van der Waals surface area contributed by atoms with Gasteiger partial charge in [0.25, 0.3) is 0 Å². The maximum atomic E-state index is 11.7. The summed E-state index contributed by atoms with van der Waals surface area (Å²) >= 11 is 0.